The highest BCUT2D eigenvalue weighted by Crippen LogP contribution is 2.24. The molecule has 0 atom stereocenters. The number of carbonyl (C=O) groups excluding carboxylic acids is 1. The van der Waals surface area contributed by atoms with Gasteiger partial charge in [-0.05, 0) is 24.6 Å². The number of methoxy groups -OCH3 is 2. The molecule has 0 spiro atoms. The molecule has 0 unspecified atom stereocenters. The van der Waals surface area contributed by atoms with Gasteiger partial charge in [0.05, 0.1) is 20.3 Å². The Hall–Kier alpha value is -1.81. The average Bonchev–Trinajstić information content (AvgIpc) is 2.37. The smallest absolute Gasteiger partial charge is 0.330 e. The first-order valence-electron chi connectivity index (χ1n) is 5.72. The fourth-order valence-corrected chi connectivity index (χ4v) is 1.58. The van der Waals surface area contributed by atoms with Crippen LogP contribution >= 0.6 is 0 Å². The van der Waals surface area contributed by atoms with Gasteiger partial charge < -0.3 is 14.2 Å². The third-order valence-electron chi connectivity index (χ3n) is 2.35. The lowest BCUT2D eigenvalue weighted by atomic mass is 10.1. The second-order valence-corrected chi connectivity index (χ2v) is 3.55. The van der Waals surface area contributed by atoms with E-state index in [1.807, 2.05) is 18.2 Å². The molecule has 1 aromatic carbocycles. The van der Waals surface area contributed by atoms with Gasteiger partial charge in [0.2, 0.25) is 0 Å². The molecule has 4 nitrogen and oxygen atoms in total. The van der Waals surface area contributed by atoms with Crippen LogP contribution in [0, 0.1) is 0 Å². The van der Waals surface area contributed by atoms with E-state index in [0.717, 1.165) is 11.1 Å². The summed E-state index contributed by atoms with van der Waals surface area (Å²) in [6, 6.07) is 5.65. The summed E-state index contributed by atoms with van der Waals surface area (Å²) in [7, 11) is 3.21. The summed E-state index contributed by atoms with van der Waals surface area (Å²) in [5.74, 6) is 0.330. The van der Waals surface area contributed by atoms with Crippen LogP contribution in [0.5, 0.6) is 5.75 Å². The summed E-state index contributed by atoms with van der Waals surface area (Å²) in [5.41, 5.74) is 1.78. The number of ether oxygens (including phenoxy) is 3. The maximum Gasteiger partial charge on any atom is 0.330 e. The van der Waals surface area contributed by atoms with Crippen molar-refractivity contribution in [2.24, 2.45) is 0 Å². The molecule has 0 amide bonds. The van der Waals surface area contributed by atoms with E-state index in [0.29, 0.717) is 19.0 Å². The lowest BCUT2D eigenvalue weighted by Crippen LogP contribution is -2.00. The van der Waals surface area contributed by atoms with Crippen molar-refractivity contribution < 1.29 is 19.0 Å². The number of hydrogen-bond donors (Lipinski definition) is 0. The molecule has 0 aliphatic rings. The van der Waals surface area contributed by atoms with E-state index in [1.54, 1.807) is 27.2 Å². The predicted molar refractivity (Wildman–Crippen MR) is 69.4 cm³/mol. The van der Waals surface area contributed by atoms with Gasteiger partial charge in [-0.1, -0.05) is 12.1 Å². The second kappa shape index (κ2) is 7.50. The molecule has 0 aliphatic carbocycles. The molecule has 18 heavy (non-hydrogen) atoms. The number of carbonyl (C=O) groups is 1. The third-order valence-corrected chi connectivity index (χ3v) is 2.35. The van der Waals surface area contributed by atoms with Crippen molar-refractivity contribution in [3.05, 3.63) is 35.4 Å². The van der Waals surface area contributed by atoms with E-state index in [1.165, 1.54) is 6.08 Å². The van der Waals surface area contributed by atoms with Crippen molar-refractivity contribution in [2.75, 3.05) is 20.8 Å². The van der Waals surface area contributed by atoms with E-state index in [4.69, 9.17) is 14.2 Å². The lowest BCUT2D eigenvalue weighted by molar-refractivity contribution is -0.137. The SMILES string of the molecule is CCOC(=O)C=Cc1c(COC)cccc1OC. The second-order valence-electron chi connectivity index (χ2n) is 3.55. The molecule has 0 heterocycles. The number of hydrogen-bond acceptors (Lipinski definition) is 4. The Labute approximate surface area is 107 Å². The largest absolute Gasteiger partial charge is 0.496 e. The number of benzene rings is 1. The molecule has 0 aromatic heterocycles. The van der Waals surface area contributed by atoms with Crippen LogP contribution < -0.4 is 4.74 Å². The fraction of sp³-hybridized carbons (Fsp3) is 0.357. The van der Waals surface area contributed by atoms with Crippen LogP contribution in [-0.4, -0.2) is 26.8 Å². The Morgan fingerprint density at radius 2 is 2.11 bits per heavy atom. The molecule has 0 saturated heterocycles. The van der Waals surface area contributed by atoms with Crippen molar-refractivity contribution >= 4 is 12.0 Å². The standard InChI is InChI=1S/C14H18O4/c1-4-18-14(15)9-8-12-11(10-16-2)6-5-7-13(12)17-3/h5-9H,4,10H2,1-3H3. The van der Waals surface area contributed by atoms with Gasteiger partial charge in [-0.25, -0.2) is 4.79 Å². The maximum absolute atomic E-state index is 11.3. The van der Waals surface area contributed by atoms with E-state index < -0.39 is 0 Å². The molecule has 0 fully saturated rings. The van der Waals surface area contributed by atoms with Gasteiger partial charge >= 0.3 is 5.97 Å². The van der Waals surface area contributed by atoms with Gasteiger partial charge in [-0.15, -0.1) is 0 Å². The number of rotatable bonds is 6. The quantitative estimate of drug-likeness (QED) is 0.574. The molecule has 0 saturated carbocycles. The topological polar surface area (TPSA) is 44.8 Å². The van der Waals surface area contributed by atoms with Crippen LogP contribution in [-0.2, 0) is 20.9 Å². The van der Waals surface area contributed by atoms with Crippen LogP contribution in [0.15, 0.2) is 24.3 Å². The van der Waals surface area contributed by atoms with Crippen LogP contribution in [0.4, 0.5) is 0 Å². The maximum atomic E-state index is 11.3. The van der Waals surface area contributed by atoms with Crippen molar-refractivity contribution in [2.45, 2.75) is 13.5 Å². The summed E-state index contributed by atoms with van der Waals surface area (Å²) in [4.78, 5) is 11.3. The third kappa shape index (κ3) is 3.89. The Balaban J connectivity index is 3.00. The van der Waals surface area contributed by atoms with Crippen molar-refractivity contribution in [1.29, 1.82) is 0 Å². The Morgan fingerprint density at radius 1 is 1.33 bits per heavy atom. The normalized spacial score (nSPS) is 10.6. The zero-order valence-corrected chi connectivity index (χ0v) is 10.9. The highest BCUT2D eigenvalue weighted by molar-refractivity contribution is 5.88. The van der Waals surface area contributed by atoms with E-state index in [-0.39, 0.29) is 5.97 Å². The molecule has 1 aromatic rings. The molecule has 0 aliphatic heterocycles. The minimum absolute atomic E-state index is 0.361. The Morgan fingerprint density at radius 3 is 2.72 bits per heavy atom. The summed E-state index contributed by atoms with van der Waals surface area (Å²) in [6.07, 6.45) is 3.08. The van der Waals surface area contributed by atoms with Crippen LogP contribution in [0.2, 0.25) is 0 Å². The van der Waals surface area contributed by atoms with Crippen LogP contribution in [0.1, 0.15) is 18.1 Å². The fourth-order valence-electron chi connectivity index (χ4n) is 1.58. The van der Waals surface area contributed by atoms with Gasteiger partial charge in [0.1, 0.15) is 5.75 Å². The first kappa shape index (κ1) is 14.3. The molecule has 4 heteroatoms. The monoisotopic (exact) mass is 250 g/mol. The Bertz CT molecular complexity index is 424. The predicted octanol–water partition coefficient (Wildman–Crippen LogP) is 2.42. The summed E-state index contributed by atoms with van der Waals surface area (Å²) in [6.45, 7) is 2.59. The zero-order valence-electron chi connectivity index (χ0n) is 10.9. The molecule has 0 N–H and O–H groups in total. The lowest BCUT2D eigenvalue weighted by Gasteiger charge is -2.10. The van der Waals surface area contributed by atoms with Gasteiger partial charge in [0, 0.05) is 18.7 Å². The summed E-state index contributed by atoms with van der Waals surface area (Å²) >= 11 is 0. The minimum Gasteiger partial charge on any atom is -0.496 e. The van der Waals surface area contributed by atoms with Gasteiger partial charge in [0.15, 0.2) is 0 Å². The van der Waals surface area contributed by atoms with Crippen LogP contribution in [0.25, 0.3) is 6.08 Å². The first-order valence-corrected chi connectivity index (χ1v) is 5.72. The van der Waals surface area contributed by atoms with Crippen LogP contribution in [0.3, 0.4) is 0 Å². The zero-order chi connectivity index (χ0) is 13.4. The van der Waals surface area contributed by atoms with E-state index in [2.05, 4.69) is 0 Å². The number of esters is 1. The average molecular weight is 250 g/mol. The molecule has 1 rings (SSSR count). The van der Waals surface area contributed by atoms with E-state index >= 15 is 0 Å². The van der Waals surface area contributed by atoms with Gasteiger partial charge in [-0.2, -0.15) is 0 Å². The summed E-state index contributed by atoms with van der Waals surface area (Å²) < 4.78 is 15.2. The van der Waals surface area contributed by atoms with Crippen molar-refractivity contribution in [1.82, 2.24) is 0 Å². The minimum atomic E-state index is -0.369. The molecular formula is C14H18O4. The Kier molecular flexibility index (Phi) is 5.94. The molecular weight excluding hydrogens is 232 g/mol. The molecule has 0 radical (unpaired) electrons. The molecule has 98 valence electrons. The van der Waals surface area contributed by atoms with Gasteiger partial charge in [-0.3, -0.25) is 0 Å². The van der Waals surface area contributed by atoms with Gasteiger partial charge in [0.25, 0.3) is 0 Å². The first-order chi connectivity index (χ1) is 8.72. The van der Waals surface area contributed by atoms with Crippen molar-refractivity contribution in [3.8, 4) is 5.75 Å². The van der Waals surface area contributed by atoms with Crippen molar-refractivity contribution in [3.63, 3.8) is 0 Å². The highest BCUT2D eigenvalue weighted by atomic mass is 16.5. The van der Waals surface area contributed by atoms with E-state index in [9.17, 15) is 4.79 Å². The summed E-state index contributed by atoms with van der Waals surface area (Å²) in [5, 5.41) is 0. The highest BCUT2D eigenvalue weighted by Gasteiger charge is 2.06. The molecule has 0 bridgehead atoms.